The van der Waals surface area contributed by atoms with Crippen LogP contribution in [0.15, 0.2) is 30.7 Å². The Morgan fingerprint density at radius 1 is 1.29 bits per heavy atom. The molecule has 0 saturated heterocycles. The Balaban J connectivity index is 2.03. The van der Waals surface area contributed by atoms with E-state index in [1.54, 1.807) is 12.4 Å². The first-order chi connectivity index (χ1) is 10.2. The molecule has 2 aromatic rings. The van der Waals surface area contributed by atoms with E-state index < -0.39 is 0 Å². The third kappa shape index (κ3) is 4.14. The third-order valence-electron chi connectivity index (χ3n) is 2.96. The number of ether oxygens (including phenoxy) is 1. The fourth-order valence-corrected chi connectivity index (χ4v) is 1.65. The predicted octanol–water partition coefficient (Wildman–Crippen LogP) is 2.53. The largest absolute Gasteiger partial charge is 0.475 e. The fourth-order valence-electron chi connectivity index (χ4n) is 1.65. The van der Waals surface area contributed by atoms with Crippen LogP contribution in [-0.2, 0) is 6.54 Å². The van der Waals surface area contributed by atoms with E-state index in [1.165, 1.54) is 6.20 Å². The molecule has 6 nitrogen and oxygen atoms in total. The van der Waals surface area contributed by atoms with Crippen LogP contribution in [0, 0.1) is 11.3 Å². The minimum absolute atomic E-state index is 0.130. The molecular formula is C15H17N5O. The lowest BCUT2D eigenvalue weighted by molar-refractivity contribution is 0.208. The van der Waals surface area contributed by atoms with Crippen molar-refractivity contribution in [3.8, 4) is 11.9 Å². The fraction of sp³-hybridized carbons (Fsp3) is 0.333. The van der Waals surface area contributed by atoms with Crippen LogP contribution in [0.4, 0.5) is 5.82 Å². The predicted molar refractivity (Wildman–Crippen MR) is 78.7 cm³/mol. The minimum Gasteiger partial charge on any atom is -0.475 e. The molecule has 1 N–H and O–H groups in total. The van der Waals surface area contributed by atoms with E-state index in [2.05, 4.69) is 27.2 Å². The van der Waals surface area contributed by atoms with Crippen LogP contribution in [0.25, 0.3) is 0 Å². The number of nitrogens with zero attached hydrogens (tertiary/aromatic N) is 4. The Morgan fingerprint density at radius 2 is 2.10 bits per heavy atom. The van der Waals surface area contributed by atoms with E-state index in [4.69, 9.17) is 10.00 Å². The van der Waals surface area contributed by atoms with Gasteiger partial charge in [0.2, 0.25) is 5.88 Å². The molecule has 1 atom stereocenters. The monoisotopic (exact) mass is 283 g/mol. The molecule has 0 saturated carbocycles. The smallest absolute Gasteiger partial charge is 0.213 e. The number of aromatic nitrogens is 3. The van der Waals surface area contributed by atoms with Crippen molar-refractivity contribution in [2.75, 3.05) is 5.32 Å². The van der Waals surface area contributed by atoms with Gasteiger partial charge < -0.3 is 10.1 Å². The van der Waals surface area contributed by atoms with Gasteiger partial charge in [-0.2, -0.15) is 5.26 Å². The molecule has 0 aliphatic carbocycles. The lowest BCUT2D eigenvalue weighted by Gasteiger charge is -2.12. The molecule has 0 fully saturated rings. The van der Waals surface area contributed by atoms with Gasteiger partial charge in [0.05, 0.1) is 6.10 Å². The summed E-state index contributed by atoms with van der Waals surface area (Å²) in [6.07, 6.45) is 5.80. The highest BCUT2D eigenvalue weighted by Gasteiger charge is 2.06. The van der Waals surface area contributed by atoms with E-state index in [-0.39, 0.29) is 11.8 Å². The Kier molecular flexibility index (Phi) is 5.04. The average molecular weight is 283 g/mol. The highest BCUT2D eigenvalue weighted by Crippen LogP contribution is 2.14. The molecule has 0 aliphatic heterocycles. The van der Waals surface area contributed by atoms with Crippen molar-refractivity contribution < 1.29 is 4.74 Å². The molecule has 0 bridgehead atoms. The molecule has 0 radical (unpaired) electrons. The minimum atomic E-state index is 0.130. The lowest BCUT2D eigenvalue weighted by atomic mass is 10.2. The molecule has 6 heteroatoms. The topological polar surface area (TPSA) is 83.7 Å². The lowest BCUT2D eigenvalue weighted by Crippen LogP contribution is -2.11. The standard InChI is InChI=1S/C15H17N5O/c1-3-11(2)21-14-8-12(4-5-18-14)10-20-15-13(9-16)17-6-7-19-15/h4-8,11H,3,10H2,1-2H3,(H,19,20)/t11-/m0/s1. The number of anilines is 1. The molecule has 0 spiro atoms. The molecular weight excluding hydrogens is 266 g/mol. The number of nitriles is 1. The Bertz CT molecular complexity index is 638. The molecule has 0 aromatic carbocycles. The first-order valence-electron chi connectivity index (χ1n) is 6.79. The second-order valence-electron chi connectivity index (χ2n) is 4.56. The quantitative estimate of drug-likeness (QED) is 0.877. The molecule has 0 amide bonds. The molecule has 0 aliphatic rings. The van der Waals surface area contributed by atoms with Crippen LogP contribution in [0.1, 0.15) is 31.5 Å². The molecule has 21 heavy (non-hydrogen) atoms. The first-order valence-corrected chi connectivity index (χ1v) is 6.79. The summed E-state index contributed by atoms with van der Waals surface area (Å²) in [5, 5.41) is 12.1. The maximum Gasteiger partial charge on any atom is 0.213 e. The van der Waals surface area contributed by atoms with Crippen molar-refractivity contribution >= 4 is 5.82 Å². The summed E-state index contributed by atoms with van der Waals surface area (Å²) in [7, 11) is 0. The molecule has 108 valence electrons. The van der Waals surface area contributed by atoms with Gasteiger partial charge in [0.25, 0.3) is 0 Å². The average Bonchev–Trinajstić information content (AvgIpc) is 2.53. The van der Waals surface area contributed by atoms with Crippen molar-refractivity contribution in [2.24, 2.45) is 0 Å². The van der Waals surface area contributed by atoms with Gasteiger partial charge in [-0.25, -0.2) is 15.0 Å². The van der Waals surface area contributed by atoms with Crippen LogP contribution in [0.3, 0.4) is 0 Å². The summed E-state index contributed by atoms with van der Waals surface area (Å²) in [4.78, 5) is 12.2. The van der Waals surface area contributed by atoms with Crippen molar-refractivity contribution in [3.63, 3.8) is 0 Å². The zero-order chi connectivity index (χ0) is 15.1. The van der Waals surface area contributed by atoms with Crippen molar-refractivity contribution in [3.05, 3.63) is 42.0 Å². The number of pyridine rings is 1. The summed E-state index contributed by atoms with van der Waals surface area (Å²) >= 11 is 0. The van der Waals surface area contributed by atoms with E-state index >= 15 is 0 Å². The van der Waals surface area contributed by atoms with Gasteiger partial charge in [0.15, 0.2) is 11.5 Å². The normalized spacial score (nSPS) is 11.5. The summed E-state index contributed by atoms with van der Waals surface area (Å²) in [5.74, 6) is 1.07. The van der Waals surface area contributed by atoms with E-state index in [0.717, 1.165) is 12.0 Å². The van der Waals surface area contributed by atoms with Gasteiger partial charge >= 0.3 is 0 Å². The van der Waals surface area contributed by atoms with Crippen molar-refractivity contribution in [1.29, 1.82) is 5.26 Å². The Labute approximate surface area is 123 Å². The number of rotatable bonds is 6. The summed E-state index contributed by atoms with van der Waals surface area (Å²) < 4.78 is 5.68. The van der Waals surface area contributed by atoms with E-state index in [9.17, 15) is 0 Å². The number of nitrogens with one attached hydrogen (secondary N) is 1. The SMILES string of the molecule is CC[C@H](C)Oc1cc(CNc2nccnc2C#N)ccn1. The third-order valence-corrected chi connectivity index (χ3v) is 2.96. The van der Waals surface area contributed by atoms with Gasteiger partial charge in [-0.1, -0.05) is 6.92 Å². The molecule has 2 aromatic heterocycles. The first kappa shape index (κ1) is 14.7. The Morgan fingerprint density at radius 3 is 2.86 bits per heavy atom. The Hall–Kier alpha value is -2.68. The maximum atomic E-state index is 8.96. The molecule has 2 heterocycles. The van der Waals surface area contributed by atoms with E-state index in [0.29, 0.717) is 18.2 Å². The van der Waals surface area contributed by atoms with Crippen LogP contribution in [0.5, 0.6) is 5.88 Å². The van der Waals surface area contributed by atoms with Crippen LogP contribution < -0.4 is 10.1 Å². The summed E-state index contributed by atoms with van der Waals surface area (Å²) in [5.41, 5.74) is 1.28. The highest BCUT2D eigenvalue weighted by molar-refractivity contribution is 5.47. The highest BCUT2D eigenvalue weighted by atomic mass is 16.5. The van der Waals surface area contributed by atoms with Crippen LogP contribution in [-0.4, -0.2) is 21.1 Å². The second kappa shape index (κ2) is 7.20. The van der Waals surface area contributed by atoms with Gasteiger partial charge in [-0.05, 0) is 25.0 Å². The molecule has 0 unspecified atom stereocenters. The van der Waals surface area contributed by atoms with Crippen molar-refractivity contribution in [1.82, 2.24) is 15.0 Å². The summed E-state index contributed by atoms with van der Waals surface area (Å²) in [6, 6.07) is 5.77. The van der Waals surface area contributed by atoms with Gasteiger partial charge in [0.1, 0.15) is 6.07 Å². The zero-order valence-electron chi connectivity index (χ0n) is 12.1. The molecule has 2 rings (SSSR count). The maximum absolute atomic E-state index is 8.96. The zero-order valence-corrected chi connectivity index (χ0v) is 12.1. The number of hydrogen-bond acceptors (Lipinski definition) is 6. The van der Waals surface area contributed by atoms with Gasteiger partial charge in [-0.3, -0.25) is 0 Å². The van der Waals surface area contributed by atoms with Gasteiger partial charge in [0, 0.05) is 31.2 Å². The van der Waals surface area contributed by atoms with Gasteiger partial charge in [-0.15, -0.1) is 0 Å². The number of hydrogen-bond donors (Lipinski definition) is 1. The van der Waals surface area contributed by atoms with E-state index in [1.807, 2.05) is 25.1 Å². The van der Waals surface area contributed by atoms with Crippen LogP contribution >= 0.6 is 0 Å². The summed E-state index contributed by atoms with van der Waals surface area (Å²) in [6.45, 7) is 4.59. The van der Waals surface area contributed by atoms with Crippen LogP contribution in [0.2, 0.25) is 0 Å². The second-order valence-corrected chi connectivity index (χ2v) is 4.56. The van der Waals surface area contributed by atoms with Crippen molar-refractivity contribution in [2.45, 2.75) is 32.9 Å².